The first kappa shape index (κ1) is 11.3. The lowest BCUT2D eigenvalue weighted by Crippen LogP contribution is -2.27. The van der Waals surface area contributed by atoms with E-state index in [1.807, 2.05) is 0 Å². The summed E-state index contributed by atoms with van der Waals surface area (Å²) in [6, 6.07) is 4.37. The molecule has 0 fully saturated rings. The van der Waals surface area contributed by atoms with Crippen LogP contribution in [0.3, 0.4) is 0 Å². The summed E-state index contributed by atoms with van der Waals surface area (Å²) in [5.74, 6) is 5.60. The molecule has 0 spiro atoms. The molecule has 1 atom stereocenters. The predicted molar refractivity (Wildman–Crippen MR) is 70.2 cm³/mol. The number of hydrazine groups is 1. The van der Waals surface area contributed by atoms with E-state index in [0.29, 0.717) is 0 Å². The van der Waals surface area contributed by atoms with Crippen molar-refractivity contribution in [2.24, 2.45) is 5.84 Å². The Hall–Kier alpha value is -0.200. The van der Waals surface area contributed by atoms with Gasteiger partial charge in [0.15, 0.2) is 0 Å². The highest BCUT2D eigenvalue weighted by Crippen LogP contribution is 2.31. The van der Waals surface area contributed by atoms with Gasteiger partial charge < -0.3 is 0 Å². The summed E-state index contributed by atoms with van der Waals surface area (Å²) in [5.41, 5.74) is 4.09. The number of aryl methyl sites for hydroxylation is 1. The van der Waals surface area contributed by atoms with Crippen molar-refractivity contribution in [1.29, 1.82) is 0 Å². The van der Waals surface area contributed by atoms with E-state index in [-0.39, 0.29) is 6.04 Å². The lowest BCUT2D eigenvalue weighted by atomic mass is 10.1. The number of nitrogens with two attached hydrogens (primary N) is 1. The molecule has 2 nitrogen and oxygen atoms in total. The molecule has 0 saturated carbocycles. The van der Waals surface area contributed by atoms with Gasteiger partial charge in [-0.1, -0.05) is 0 Å². The Morgan fingerprint density at radius 1 is 1.33 bits per heavy atom. The van der Waals surface area contributed by atoms with E-state index in [2.05, 4.69) is 51.2 Å². The Labute approximate surface area is 105 Å². The van der Waals surface area contributed by atoms with Gasteiger partial charge in [0.2, 0.25) is 0 Å². The Morgan fingerprint density at radius 2 is 2.13 bits per heavy atom. The second kappa shape index (κ2) is 4.76. The zero-order chi connectivity index (χ0) is 10.8. The number of hydrogen-bond acceptors (Lipinski definition) is 4. The van der Waals surface area contributed by atoms with Crippen LogP contribution >= 0.6 is 38.6 Å². The van der Waals surface area contributed by atoms with E-state index >= 15 is 0 Å². The average Bonchev–Trinajstić information content (AvgIpc) is 2.78. The summed E-state index contributed by atoms with van der Waals surface area (Å²) in [7, 11) is 0. The number of nitrogens with one attached hydrogen (secondary N) is 1. The third kappa shape index (κ3) is 2.49. The van der Waals surface area contributed by atoms with Crippen LogP contribution in [0.1, 0.15) is 21.4 Å². The fraction of sp³-hybridized carbons (Fsp3) is 0.200. The molecule has 0 aliphatic rings. The normalized spacial score (nSPS) is 13.0. The summed E-state index contributed by atoms with van der Waals surface area (Å²) in [5, 5.41) is 4.21. The summed E-state index contributed by atoms with van der Waals surface area (Å²) in [6.07, 6.45) is 0. The van der Waals surface area contributed by atoms with Crippen LogP contribution in [0.2, 0.25) is 0 Å². The molecular formula is C10H11BrN2S2. The zero-order valence-electron chi connectivity index (χ0n) is 8.16. The second-order valence-corrected chi connectivity index (χ2v) is 6.23. The fourth-order valence-electron chi connectivity index (χ4n) is 1.44. The molecule has 0 bridgehead atoms. The lowest BCUT2D eigenvalue weighted by Gasteiger charge is -2.12. The smallest absolute Gasteiger partial charge is 0.0811 e. The lowest BCUT2D eigenvalue weighted by molar-refractivity contribution is 0.648. The number of thiophene rings is 2. The van der Waals surface area contributed by atoms with Gasteiger partial charge in [0.1, 0.15) is 0 Å². The van der Waals surface area contributed by atoms with Crippen molar-refractivity contribution < 1.29 is 0 Å². The van der Waals surface area contributed by atoms with E-state index in [4.69, 9.17) is 5.84 Å². The van der Waals surface area contributed by atoms with Crippen molar-refractivity contribution in [2.45, 2.75) is 13.0 Å². The van der Waals surface area contributed by atoms with E-state index in [1.165, 1.54) is 15.3 Å². The molecule has 3 N–H and O–H groups in total. The van der Waals surface area contributed by atoms with Crippen LogP contribution in [0.4, 0.5) is 0 Å². The van der Waals surface area contributed by atoms with Crippen LogP contribution in [-0.2, 0) is 0 Å². The molecule has 80 valence electrons. The minimum absolute atomic E-state index is 0.103. The minimum Gasteiger partial charge on any atom is -0.271 e. The van der Waals surface area contributed by atoms with Gasteiger partial charge >= 0.3 is 0 Å². The summed E-state index contributed by atoms with van der Waals surface area (Å²) >= 11 is 6.90. The minimum atomic E-state index is 0.103. The van der Waals surface area contributed by atoms with Gasteiger partial charge in [-0.2, -0.15) is 0 Å². The standard InChI is InChI=1S/C10H11BrN2S2/c1-6-2-7(4-14-6)10(13-12)9-3-8(11)5-15-9/h2-5,10,13H,12H2,1H3. The fourth-order valence-corrected chi connectivity index (χ4v) is 3.70. The topological polar surface area (TPSA) is 38.0 Å². The summed E-state index contributed by atoms with van der Waals surface area (Å²) < 4.78 is 1.11. The summed E-state index contributed by atoms with van der Waals surface area (Å²) in [4.78, 5) is 2.53. The van der Waals surface area contributed by atoms with Crippen molar-refractivity contribution >= 4 is 38.6 Å². The van der Waals surface area contributed by atoms with Crippen molar-refractivity contribution in [3.05, 3.63) is 42.7 Å². The largest absolute Gasteiger partial charge is 0.271 e. The van der Waals surface area contributed by atoms with Gasteiger partial charge in [-0.3, -0.25) is 5.84 Å². The first-order chi connectivity index (χ1) is 7.20. The molecule has 0 aromatic carbocycles. The van der Waals surface area contributed by atoms with Crippen LogP contribution in [0.15, 0.2) is 27.4 Å². The highest BCUT2D eigenvalue weighted by molar-refractivity contribution is 9.10. The van der Waals surface area contributed by atoms with Crippen LogP contribution in [0.25, 0.3) is 0 Å². The van der Waals surface area contributed by atoms with Gasteiger partial charge in [-0.15, -0.1) is 22.7 Å². The van der Waals surface area contributed by atoms with Crippen LogP contribution in [0.5, 0.6) is 0 Å². The van der Waals surface area contributed by atoms with Crippen molar-refractivity contribution in [3.63, 3.8) is 0 Å². The molecule has 2 aromatic rings. The maximum atomic E-state index is 5.60. The molecule has 0 amide bonds. The monoisotopic (exact) mass is 302 g/mol. The van der Waals surface area contributed by atoms with E-state index in [0.717, 1.165) is 4.47 Å². The van der Waals surface area contributed by atoms with Gasteiger partial charge in [0, 0.05) is 19.6 Å². The van der Waals surface area contributed by atoms with Crippen LogP contribution in [-0.4, -0.2) is 0 Å². The Kier molecular flexibility index (Phi) is 3.58. The summed E-state index contributed by atoms with van der Waals surface area (Å²) in [6.45, 7) is 2.10. The SMILES string of the molecule is Cc1cc(C(NN)c2cc(Br)cs2)cs1. The average molecular weight is 303 g/mol. The molecule has 5 heteroatoms. The van der Waals surface area contributed by atoms with E-state index < -0.39 is 0 Å². The first-order valence-corrected chi connectivity index (χ1v) is 7.01. The van der Waals surface area contributed by atoms with Crippen molar-refractivity contribution in [2.75, 3.05) is 0 Å². The van der Waals surface area contributed by atoms with Crippen LogP contribution < -0.4 is 11.3 Å². The second-order valence-electron chi connectivity index (χ2n) is 3.26. The molecule has 2 aromatic heterocycles. The maximum Gasteiger partial charge on any atom is 0.0811 e. The Morgan fingerprint density at radius 3 is 2.60 bits per heavy atom. The molecule has 15 heavy (non-hydrogen) atoms. The van der Waals surface area contributed by atoms with Gasteiger partial charge in [-0.25, -0.2) is 5.43 Å². The zero-order valence-corrected chi connectivity index (χ0v) is 11.4. The van der Waals surface area contributed by atoms with E-state index in [9.17, 15) is 0 Å². The van der Waals surface area contributed by atoms with Gasteiger partial charge in [-0.05, 0) is 45.9 Å². The third-order valence-electron chi connectivity index (χ3n) is 2.12. The molecular weight excluding hydrogens is 292 g/mol. The first-order valence-electron chi connectivity index (χ1n) is 4.46. The van der Waals surface area contributed by atoms with Crippen molar-refractivity contribution in [1.82, 2.24) is 5.43 Å². The third-order valence-corrected chi connectivity index (χ3v) is 4.76. The quantitative estimate of drug-likeness (QED) is 0.673. The van der Waals surface area contributed by atoms with Gasteiger partial charge in [0.05, 0.1) is 6.04 Å². The maximum absolute atomic E-state index is 5.60. The number of halogens is 1. The van der Waals surface area contributed by atoms with Crippen LogP contribution in [0, 0.1) is 6.92 Å². The molecule has 2 rings (SSSR count). The highest BCUT2D eigenvalue weighted by atomic mass is 79.9. The predicted octanol–water partition coefficient (Wildman–Crippen LogP) is 3.43. The number of rotatable bonds is 3. The highest BCUT2D eigenvalue weighted by Gasteiger charge is 2.15. The van der Waals surface area contributed by atoms with E-state index in [1.54, 1.807) is 22.7 Å². The molecule has 0 saturated heterocycles. The molecule has 0 aliphatic heterocycles. The Balaban J connectivity index is 2.32. The number of hydrogen-bond donors (Lipinski definition) is 2. The van der Waals surface area contributed by atoms with Gasteiger partial charge in [0.25, 0.3) is 0 Å². The molecule has 0 radical (unpaired) electrons. The molecule has 2 heterocycles. The Bertz CT molecular complexity index is 409. The molecule has 0 aliphatic carbocycles. The van der Waals surface area contributed by atoms with Crippen molar-refractivity contribution in [3.8, 4) is 0 Å². The molecule has 1 unspecified atom stereocenters.